The molecule has 30 heavy (non-hydrogen) atoms. The average molecular weight is 420 g/mol. The molecule has 3 aromatic rings. The standard InChI is InChI=1S/C22H17FN4O2S/c1-2-27(17-8-6-16(23)7-9-17)20-13-24-12-18(25-20)15-5-3-4-14(10-15)11-19-21(28)26-22(29)30-19/h3-13H,2H2,1H3,(H,26,28,29)/b19-11+. The van der Waals surface area contributed by atoms with E-state index in [2.05, 4.69) is 10.3 Å². The molecule has 0 saturated carbocycles. The highest BCUT2D eigenvalue weighted by atomic mass is 32.2. The lowest BCUT2D eigenvalue weighted by molar-refractivity contribution is -0.115. The Kier molecular flexibility index (Phi) is 5.58. The largest absolute Gasteiger partial charge is 0.325 e. The van der Waals surface area contributed by atoms with Gasteiger partial charge in [0.25, 0.3) is 11.1 Å². The van der Waals surface area contributed by atoms with E-state index in [4.69, 9.17) is 4.98 Å². The third-order valence-corrected chi connectivity index (χ3v) is 5.29. The summed E-state index contributed by atoms with van der Waals surface area (Å²) in [6.07, 6.45) is 4.99. The van der Waals surface area contributed by atoms with Crippen LogP contribution in [0.5, 0.6) is 0 Å². The van der Waals surface area contributed by atoms with E-state index in [0.717, 1.165) is 28.6 Å². The van der Waals surface area contributed by atoms with Gasteiger partial charge in [0.2, 0.25) is 0 Å². The molecule has 4 rings (SSSR count). The van der Waals surface area contributed by atoms with E-state index >= 15 is 0 Å². The summed E-state index contributed by atoms with van der Waals surface area (Å²) in [4.78, 5) is 34.5. The molecule has 1 aliphatic heterocycles. The van der Waals surface area contributed by atoms with Crippen molar-refractivity contribution in [3.63, 3.8) is 0 Å². The number of hydrogen-bond donors (Lipinski definition) is 1. The fourth-order valence-corrected chi connectivity index (χ4v) is 3.77. The molecular formula is C22H17FN4O2S. The number of carbonyl (C=O) groups excluding carboxylic acids is 2. The number of carbonyl (C=O) groups is 2. The van der Waals surface area contributed by atoms with Crippen LogP contribution in [0.4, 0.5) is 20.7 Å². The Bertz CT molecular complexity index is 1150. The second kappa shape index (κ2) is 8.46. The van der Waals surface area contributed by atoms with Crippen molar-refractivity contribution in [2.45, 2.75) is 6.92 Å². The Balaban J connectivity index is 1.65. The SMILES string of the molecule is CCN(c1ccc(F)cc1)c1cncc(-c2cccc(/C=C3/SC(=O)NC3=O)c2)n1. The van der Waals surface area contributed by atoms with Crippen molar-refractivity contribution in [3.05, 3.63) is 77.2 Å². The second-order valence-electron chi connectivity index (χ2n) is 6.46. The molecule has 0 unspecified atom stereocenters. The van der Waals surface area contributed by atoms with Crippen LogP contribution in [-0.4, -0.2) is 27.7 Å². The van der Waals surface area contributed by atoms with Gasteiger partial charge >= 0.3 is 0 Å². The number of aromatic nitrogens is 2. The minimum atomic E-state index is -0.393. The first-order valence-electron chi connectivity index (χ1n) is 9.24. The third kappa shape index (κ3) is 4.23. The van der Waals surface area contributed by atoms with Crippen LogP contribution in [0.2, 0.25) is 0 Å². The molecule has 0 aliphatic carbocycles. The summed E-state index contributed by atoms with van der Waals surface area (Å²) in [6.45, 7) is 2.62. The van der Waals surface area contributed by atoms with Gasteiger partial charge in [-0.25, -0.2) is 9.37 Å². The molecule has 1 N–H and O–H groups in total. The Morgan fingerprint density at radius 3 is 2.63 bits per heavy atom. The van der Waals surface area contributed by atoms with Gasteiger partial charge in [0.1, 0.15) is 5.82 Å². The second-order valence-corrected chi connectivity index (χ2v) is 7.48. The molecule has 1 fully saturated rings. The lowest BCUT2D eigenvalue weighted by atomic mass is 10.1. The minimum absolute atomic E-state index is 0.295. The van der Waals surface area contributed by atoms with Gasteiger partial charge in [0.15, 0.2) is 5.82 Å². The molecule has 150 valence electrons. The number of nitrogens with zero attached hydrogens (tertiary/aromatic N) is 3. The number of hydrogen-bond acceptors (Lipinski definition) is 6. The van der Waals surface area contributed by atoms with Gasteiger partial charge in [-0.05, 0) is 60.7 Å². The fourth-order valence-electron chi connectivity index (χ4n) is 3.08. The lowest BCUT2D eigenvalue weighted by Crippen LogP contribution is -2.17. The zero-order valence-electron chi connectivity index (χ0n) is 16.0. The quantitative estimate of drug-likeness (QED) is 0.600. The molecular weight excluding hydrogens is 403 g/mol. The van der Waals surface area contributed by atoms with E-state index in [1.165, 1.54) is 12.1 Å². The predicted molar refractivity (Wildman–Crippen MR) is 116 cm³/mol. The average Bonchev–Trinajstić information content (AvgIpc) is 3.07. The normalized spacial score (nSPS) is 14.8. The number of halogens is 1. The van der Waals surface area contributed by atoms with Crippen molar-refractivity contribution < 1.29 is 14.0 Å². The van der Waals surface area contributed by atoms with Crippen molar-refractivity contribution in [2.24, 2.45) is 0 Å². The topological polar surface area (TPSA) is 75.2 Å². The maximum atomic E-state index is 13.3. The number of nitrogens with one attached hydrogen (secondary N) is 1. The first-order valence-corrected chi connectivity index (χ1v) is 10.1. The summed E-state index contributed by atoms with van der Waals surface area (Å²) in [5.74, 6) is -0.0480. The van der Waals surface area contributed by atoms with Crippen LogP contribution in [0, 0.1) is 5.82 Å². The maximum Gasteiger partial charge on any atom is 0.290 e. The number of benzene rings is 2. The molecule has 0 spiro atoms. The Hall–Kier alpha value is -3.52. The number of rotatable bonds is 5. The smallest absolute Gasteiger partial charge is 0.290 e. The zero-order valence-corrected chi connectivity index (χ0v) is 16.8. The van der Waals surface area contributed by atoms with Crippen molar-refractivity contribution in [1.29, 1.82) is 0 Å². The molecule has 2 heterocycles. The third-order valence-electron chi connectivity index (χ3n) is 4.48. The first-order chi connectivity index (χ1) is 14.5. The van der Waals surface area contributed by atoms with Gasteiger partial charge in [-0.3, -0.25) is 19.9 Å². The van der Waals surface area contributed by atoms with E-state index in [9.17, 15) is 14.0 Å². The van der Waals surface area contributed by atoms with Crippen LogP contribution >= 0.6 is 11.8 Å². The van der Waals surface area contributed by atoms with Gasteiger partial charge in [0, 0.05) is 17.8 Å². The molecule has 1 saturated heterocycles. The fraction of sp³-hybridized carbons (Fsp3) is 0.0909. The van der Waals surface area contributed by atoms with Crippen LogP contribution in [-0.2, 0) is 4.79 Å². The lowest BCUT2D eigenvalue weighted by Gasteiger charge is -2.22. The Labute approximate surface area is 176 Å². The molecule has 0 radical (unpaired) electrons. The molecule has 1 aromatic heterocycles. The summed E-state index contributed by atoms with van der Waals surface area (Å²) in [5.41, 5.74) is 3.08. The summed E-state index contributed by atoms with van der Waals surface area (Å²) >= 11 is 0.878. The van der Waals surface area contributed by atoms with Crippen LogP contribution < -0.4 is 10.2 Å². The molecule has 1 aliphatic rings. The van der Waals surface area contributed by atoms with Crippen molar-refractivity contribution in [2.75, 3.05) is 11.4 Å². The predicted octanol–water partition coefficient (Wildman–Crippen LogP) is 4.76. The number of imide groups is 1. The highest BCUT2D eigenvalue weighted by Gasteiger charge is 2.24. The molecule has 2 amide bonds. The van der Waals surface area contributed by atoms with Crippen molar-refractivity contribution >= 4 is 40.5 Å². The Morgan fingerprint density at radius 2 is 1.93 bits per heavy atom. The molecule has 6 nitrogen and oxygen atoms in total. The summed E-state index contributed by atoms with van der Waals surface area (Å²) in [6, 6.07) is 13.7. The molecule has 0 bridgehead atoms. The van der Waals surface area contributed by atoms with Gasteiger partial charge in [-0.2, -0.15) is 0 Å². The minimum Gasteiger partial charge on any atom is -0.325 e. The number of thioether (sulfide) groups is 1. The van der Waals surface area contributed by atoms with Crippen LogP contribution in [0.25, 0.3) is 17.3 Å². The summed E-state index contributed by atoms with van der Waals surface area (Å²) < 4.78 is 13.3. The highest BCUT2D eigenvalue weighted by molar-refractivity contribution is 8.18. The molecule has 8 heteroatoms. The van der Waals surface area contributed by atoms with Gasteiger partial charge in [0.05, 0.1) is 23.0 Å². The summed E-state index contributed by atoms with van der Waals surface area (Å²) in [5, 5.41) is 1.87. The zero-order chi connectivity index (χ0) is 21.1. The van der Waals surface area contributed by atoms with E-state index in [1.807, 2.05) is 36.1 Å². The van der Waals surface area contributed by atoms with E-state index in [0.29, 0.717) is 23.0 Å². The van der Waals surface area contributed by atoms with Gasteiger partial charge in [-0.1, -0.05) is 18.2 Å². The molecule has 2 aromatic carbocycles. The maximum absolute atomic E-state index is 13.3. The number of anilines is 2. The van der Waals surface area contributed by atoms with Crippen molar-refractivity contribution in [1.82, 2.24) is 15.3 Å². The van der Waals surface area contributed by atoms with Crippen LogP contribution in [0.15, 0.2) is 65.8 Å². The number of amides is 2. The van der Waals surface area contributed by atoms with Gasteiger partial charge < -0.3 is 4.90 Å². The van der Waals surface area contributed by atoms with E-state index < -0.39 is 5.91 Å². The first kappa shape index (κ1) is 19.8. The Morgan fingerprint density at radius 1 is 1.13 bits per heavy atom. The van der Waals surface area contributed by atoms with E-state index in [1.54, 1.807) is 30.6 Å². The summed E-state index contributed by atoms with van der Waals surface area (Å²) in [7, 11) is 0. The van der Waals surface area contributed by atoms with Crippen LogP contribution in [0.1, 0.15) is 12.5 Å². The molecule has 0 atom stereocenters. The van der Waals surface area contributed by atoms with Crippen molar-refractivity contribution in [3.8, 4) is 11.3 Å². The van der Waals surface area contributed by atoms with Gasteiger partial charge in [-0.15, -0.1) is 0 Å². The van der Waals surface area contributed by atoms with E-state index in [-0.39, 0.29) is 11.1 Å². The van der Waals surface area contributed by atoms with Crippen LogP contribution in [0.3, 0.4) is 0 Å². The monoisotopic (exact) mass is 420 g/mol. The highest BCUT2D eigenvalue weighted by Crippen LogP contribution is 2.28.